The van der Waals surface area contributed by atoms with E-state index in [4.69, 9.17) is 5.11 Å². The summed E-state index contributed by atoms with van der Waals surface area (Å²) in [6.45, 7) is 7.44. The van der Waals surface area contributed by atoms with Gasteiger partial charge in [0.05, 0.1) is 6.54 Å². The highest BCUT2D eigenvalue weighted by Gasteiger charge is 2.24. The van der Waals surface area contributed by atoms with E-state index in [1.54, 1.807) is 9.80 Å². The molecule has 6 nitrogen and oxygen atoms in total. The van der Waals surface area contributed by atoms with Crippen molar-refractivity contribution in [2.75, 3.05) is 46.3 Å². The Kier molecular flexibility index (Phi) is 5.40. The Morgan fingerprint density at radius 1 is 1.22 bits per heavy atom. The fourth-order valence-electron chi connectivity index (χ4n) is 2.16. The number of carbonyl (C=O) groups excluding carboxylic acids is 1. The fourth-order valence-corrected chi connectivity index (χ4v) is 2.16. The van der Waals surface area contributed by atoms with Crippen molar-refractivity contribution >= 4 is 12.0 Å². The van der Waals surface area contributed by atoms with E-state index in [-0.39, 0.29) is 12.6 Å². The molecule has 0 saturated carbocycles. The normalized spacial score (nSPS) is 17.0. The second-order valence-corrected chi connectivity index (χ2v) is 5.21. The summed E-state index contributed by atoms with van der Waals surface area (Å²) in [5, 5.41) is 8.70. The SMILES string of the molecule is CC(C)CN(C)C(=O)N1CCN(CC(=O)O)CC1. The van der Waals surface area contributed by atoms with Crippen molar-refractivity contribution in [3.63, 3.8) is 0 Å². The topological polar surface area (TPSA) is 64.1 Å². The average Bonchev–Trinajstić information content (AvgIpc) is 2.27. The number of nitrogens with zero attached hydrogens (tertiary/aromatic N) is 3. The molecule has 0 radical (unpaired) electrons. The summed E-state index contributed by atoms with van der Waals surface area (Å²) in [4.78, 5) is 28.0. The molecule has 1 rings (SSSR count). The van der Waals surface area contributed by atoms with E-state index in [1.165, 1.54) is 0 Å². The smallest absolute Gasteiger partial charge is 0.319 e. The Morgan fingerprint density at radius 2 is 1.78 bits per heavy atom. The molecule has 0 spiro atoms. The van der Waals surface area contributed by atoms with Crippen molar-refractivity contribution in [2.24, 2.45) is 5.92 Å². The van der Waals surface area contributed by atoms with Gasteiger partial charge in [0, 0.05) is 39.8 Å². The van der Waals surface area contributed by atoms with Crippen LogP contribution in [0.2, 0.25) is 0 Å². The third kappa shape index (κ3) is 4.52. The Morgan fingerprint density at radius 3 is 2.22 bits per heavy atom. The second kappa shape index (κ2) is 6.58. The molecule has 0 bridgehead atoms. The molecular weight excluding hydrogens is 234 g/mol. The Hall–Kier alpha value is -1.30. The lowest BCUT2D eigenvalue weighted by molar-refractivity contribution is -0.138. The number of aliphatic carboxylic acids is 1. The Balaban J connectivity index is 2.38. The highest BCUT2D eigenvalue weighted by Crippen LogP contribution is 2.06. The lowest BCUT2D eigenvalue weighted by atomic mass is 10.2. The van der Waals surface area contributed by atoms with Crippen LogP contribution < -0.4 is 0 Å². The monoisotopic (exact) mass is 257 g/mol. The van der Waals surface area contributed by atoms with E-state index in [1.807, 2.05) is 11.9 Å². The van der Waals surface area contributed by atoms with Crippen LogP contribution in [0.25, 0.3) is 0 Å². The number of urea groups is 1. The first-order valence-electron chi connectivity index (χ1n) is 6.34. The molecule has 0 aliphatic carbocycles. The van der Waals surface area contributed by atoms with Gasteiger partial charge >= 0.3 is 12.0 Å². The molecule has 0 aromatic heterocycles. The van der Waals surface area contributed by atoms with Crippen molar-refractivity contribution in [1.29, 1.82) is 0 Å². The predicted octanol–water partition coefficient (Wildman–Crippen LogP) is 0.396. The first-order chi connectivity index (χ1) is 8.40. The van der Waals surface area contributed by atoms with Gasteiger partial charge < -0.3 is 14.9 Å². The number of hydrogen-bond acceptors (Lipinski definition) is 3. The maximum atomic E-state index is 12.1. The molecule has 1 N–H and O–H groups in total. The lowest BCUT2D eigenvalue weighted by Gasteiger charge is -2.36. The molecule has 0 unspecified atom stereocenters. The summed E-state index contributed by atoms with van der Waals surface area (Å²) in [5.74, 6) is -0.362. The Bertz CT molecular complexity index is 299. The minimum Gasteiger partial charge on any atom is -0.480 e. The van der Waals surface area contributed by atoms with Gasteiger partial charge in [0.15, 0.2) is 0 Å². The fraction of sp³-hybridized carbons (Fsp3) is 0.833. The van der Waals surface area contributed by atoms with Crippen LogP contribution in [0.4, 0.5) is 4.79 Å². The highest BCUT2D eigenvalue weighted by atomic mass is 16.4. The molecule has 6 heteroatoms. The minimum atomic E-state index is -0.813. The van der Waals surface area contributed by atoms with Crippen LogP contribution in [0.5, 0.6) is 0 Å². The third-order valence-corrected chi connectivity index (χ3v) is 2.97. The number of carboxylic acid groups (broad SMARTS) is 1. The largest absolute Gasteiger partial charge is 0.480 e. The molecule has 1 heterocycles. The van der Waals surface area contributed by atoms with Crippen LogP contribution in [0, 0.1) is 5.92 Å². The quantitative estimate of drug-likeness (QED) is 0.791. The standard InChI is InChI=1S/C12H23N3O3/c1-10(2)8-13(3)12(18)15-6-4-14(5-7-15)9-11(16)17/h10H,4-9H2,1-3H3,(H,16,17). The highest BCUT2D eigenvalue weighted by molar-refractivity contribution is 5.74. The maximum absolute atomic E-state index is 12.1. The predicted molar refractivity (Wildman–Crippen MR) is 68.5 cm³/mol. The van der Waals surface area contributed by atoms with Crippen molar-refractivity contribution in [3.05, 3.63) is 0 Å². The number of carboxylic acids is 1. The molecule has 1 aliphatic rings. The first-order valence-corrected chi connectivity index (χ1v) is 6.34. The second-order valence-electron chi connectivity index (χ2n) is 5.21. The minimum absolute atomic E-state index is 0.0404. The van der Waals surface area contributed by atoms with Gasteiger partial charge in [-0.2, -0.15) is 0 Å². The number of piperazine rings is 1. The zero-order chi connectivity index (χ0) is 13.7. The molecule has 0 aromatic rings. The van der Waals surface area contributed by atoms with Crippen LogP contribution in [-0.4, -0.2) is 78.1 Å². The van der Waals surface area contributed by atoms with Gasteiger partial charge in [0.2, 0.25) is 0 Å². The molecule has 1 saturated heterocycles. The van der Waals surface area contributed by atoms with Gasteiger partial charge in [0.1, 0.15) is 0 Å². The molecule has 0 atom stereocenters. The summed E-state index contributed by atoms with van der Waals surface area (Å²) < 4.78 is 0. The van der Waals surface area contributed by atoms with E-state index in [2.05, 4.69) is 13.8 Å². The van der Waals surface area contributed by atoms with Crippen LogP contribution in [0.3, 0.4) is 0 Å². The van der Waals surface area contributed by atoms with Gasteiger partial charge in [-0.25, -0.2) is 4.79 Å². The zero-order valence-corrected chi connectivity index (χ0v) is 11.4. The van der Waals surface area contributed by atoms with Crippen molar-refractivity contribution < 1.29 is 14.7 Å². The van der Waals surface area contributed by atoms with Gasteiger partial charge in [-0.15, -0.1) is 0 Å². The molecular formula is C12H23N3O3. The number of carbonyl (C=O) groups is 2. The summed E-state index contributed by atoms with van der Waals surface area (Å²) in [7, 11) is 1.81. The van der Waals surface area contributed by atoms with Crippen LogP contribution in [0.1, 0.15) is 13.8 Å². The lowest BCUT2D eigenvalue weighted by Crippen LogP contribution is -2.53. The first kappa shape index (κ1) is 14.8. The summed E-state index contributed by atoms with van der Waals surface area (Å²) in [6.07, 6.45) is 0. The zero-order valence-electron chi connectivity index (χ0n) is 11.4. The van der Waals surface area contributed by atoms with E-state index in [9.17, 15) is 9.59 Å². The van der Waals surface area contributed by atoms with E-state index < -0.39 is 5.97 Å². The summed E-state index contributed by atoms with van der Waals surface area (Å²) >= 11 is 0. The number of hydrogen-bond donors (Lipinski definition) is 1. The maximum Gasteiger partial charge on any atom is 0.319 e. The molecule has 0 aromatic carbocycles. The number of rotatable bonds is 4. The van der Waals surface area contributed by atoms with Gasteiger partial charge in [-0.3, -0.25) is 9.69 Å². The van der Waals surface area contributed by atoms with E-state index in [0.29, 0.717) is 32.1 Å². The van der Waals surface area contributed by atoms with Crippen LogP contribution in [-0.2, 0) is 4.79 Å². The van der Waals surface area contributed by atoms with Crippen molar-refractivity contribution in [1.82, 2.24) is 14.7 Å². The molecule has 1 aliphatic heterocycles. The molecule has 18 heavy (non-hydrogen) atoms. The average molecular weight is 257 g/mol. The van der Waals surface area contributed by atoms with Crippen LogP contribution in [0.15, 0.2) is 0 Å². The Labute approximate surface area is 108 Å². The molecule has 104 valence electrons. The van der Waals surface area contributed by atoms with E-state index >= 15 is 0 Å². The van der Waals surface area contributed by atoms with Crippen molar-refractivity contribution in [2.45, 2.75) is 13.8 Å². The van der Waals surface area contributed by atoms with Gasteiger partial charge in [-0.05, 0) is 5.92 Å². The van der Waals surface area contributed by atoms with Gasteiger partial charge in [-0.1, -0.05) is 13.8 Å². The van der Waals surface area contributed by atoms with Crippen molar-refractivity contribution in [3.8, 4) is 0 Å². The van der Waals surface area contributed by atoms with Crippen LogP contribution >= 0.6 is 0 Å². The summed E-state index contributed by atoms with van der Waals surface area (Å²) in [5.41, 5.74) is 0. The molecule has 2 amide bonds. The molecule has 1 fully saturated rings. The van der Waals surface area contributed by atoms with Gasteiger partial charge in [0.25, 0.3) is 0 Å². The van der Waals surface area contributed by atoms with E-state index in [0.717, 1.165) is 6.54 Å². The summed E-state index contributed by atoms with van der Waals surface area (Å²) in [6, 6.07) is 0.0404. The third-order valence-electron chi connectivity index (χ3n) is 2.97. The number of amides is 2.